The van der Waals surface area contributed by atoms with Crippen LogP contribution in [0.4, 0.5) is 6.01 Å². The molecule has 5 nitrogen and oxygen atoms in total. The zero-order chi connectivity index (χ0) is 14.6. The van der Waals surface area contributed by atoms with Gasteiger partial charge in [0.25, 0.3) is 0 Å². The fourth-order valence-corrected chi connectivity index (χ4v) is 2.76. The first-order valence-corrected chi connectivity index (χ1v) is 7.77. The molecule has 0 amide bonds. The first kappa shape index (κ1) is 15.3. The molecule has 1 atom stereocenters. The van der Waals surface area contributed by atoms with E-state index in [0.717, 1.165) is 6.54 Å². The van der Waals surface area contributed by atoms with E-state index in [1.807, 2.05) is 0 Å². The Labute approximate surface area is 121 Å². The van der Waals surface area contributed by atoms with E-state index in [0.29, 0.717) is 35.8 Å². The van der Waals surface area contributed by atoms with Crippen LogP contribution in [0.15, 0.2) is 4.42 Å². The minimum absolute atomic E-state index is 0.294. The second-order valence-corrected chi connectivity index (χ2v) is 6.96. The van der Waals surface area contributed by atoms with Gasteiger partial charge in [-0.05, 0) is 30.7 Å². The van der Waals surface area contributed by atoms with E-state index in [9.17, 15) is 0 Å². The van der Waals surface area contributed by atoms with Crippen LogP contribution in [0.2, 0.25) is 0 Å². The molecule has 1 heterocycles. The lowest BCUT2D eigenvalue weighted by Crippen LogP contribution is -2.39. The summed E-state index contributed by atoms with van der Waals surface area (Å²) in [5, 5.41) is 14.9. The van der Waals surface area contributed by atoms with Crippen molar-refractivity contribution in [2.45, 2.75) is 66.0 Å². The van der Waals surface area contributed by atoms with Gasteiger partial charge in [-0.1, -0.05) is 45.6 Å². The van der Waals surface area contributed by atoms with Crippen LogP contribution in [0.3, 0.4) is 0 Å². The summed E-state index contributed by atoms with van der Waals surface area (Å²) in [6.45, 7) is 10.6. The summed E-state index contributed by atoms with van der Waals surface area (Å²) in [6.07, 6.45) is 5.02. The summed E-state index contributed by atoms with van der Waals surface area (Å²) in [5.74, 6) is 1.28. The number of aromatic nitrogens is 2. The van der Waals surface area contributed by atoms with E-state index in [1.54, 1.807) is 0 Å². The Balaban J connectivity index is 1.85. The van der Waals surface area contributed by atoms with Crippen LogP contribution in [0.1, 0.15) is 59.3 Å². The molecule has 20 heavy (non-hydrogen) atoms. The Hall–Kier alpha value is -1.10. The molecule has 0 saturated heterocycles. The normalized spacial score (nSPS) is 22.1. The average Bonchev–Trinajstić information content (AvgIpc) is 2.79. The first-order chi connectivity index (χ1) is 9.47. The third-order valence-electron chi connectivity index (χ3n) is 4.10. The second kappa shape index (κ2) is 6.57. The lowest BCUT2D eigenvalue weighted by molar-refractivity contribution is 0.214. The summed E-state index contributed by atoms with van der Waals surface area (Å²) in [7, 11) is 0. The summed E-state index contributed by atoms with van der Waals surface area (Å²) < 4.78 is 5.67. The molecule has 0 spiro atoms. The lowest BCUT2D eigenvalue weighted by Gasteiger charge is -2.38. The molecule has 114 valence electrons. The quantitative estimate of drug-likeness (QED) is 0.838. The minimum Gasteiger partial charge on any atom is -0.407 e. The van der Waals surface area contributed by atoms with Crippen LogP contribution in [0.5, 0.6) is 0 Å². The molecule has 0 aliphatic heterocycles. The molecule has 1 unspecified atom stereocenters. The van der Waals surface area contributed by atoms with Gasteiger partial charge in [-0.15, -0.1) is 5.10 Å². The maximum absolute atomic E-state index is 5.67. The third-order valence-corrected chi connectivity index (χ3v) is 4.10. The maximum atomic E-state index is 5.67. The lowest BCUT2D eigenvalue weighted by atomic mass is 9.73. The molecule has 1 aliphatic carbocycles. The van der Waals surface area contributed by atoms with E-state index >= 15 is 0 Å². The number of anilines is 1. The van der Waals surface area contributed by atoms with Crippen molar-refractivity contribution >= 4 is 6.01 Å². The molecular formula is C15H28N4O. The highest BCUT2D eigenvalue weighted by molar-refractivity contribution is 5.21. The second-order valence-electron chi connectivity index (χ2n) is 6.96. The molecule has 0 bridgehead atoms. The van der Waals surface area contributed by atoms with Gasteiger partial charge in [0.1, 0.15) is 0 Å². The van der Waals surface area contributed by atoms with Gasteiger partial charge in [0.15, 0.2) is 0 Å². The zero-order valence-electron chi connectivity index (χ0n) is 13.2. The SMILES string of the molecule is CC(C)CNCc1nnc(NC2CCCCC2(C)C)o1. The number of nitrogens with zero attached hydrogens (tertiary/aromatic N) is 2. The Morgan fingerprint density at radius 2 is 2.10 bits per heavy atom. The summed E-state index contributed by atoms with van der Waals surface area (Å²) in [4.78, 5) is 0. The average molecular weight is 280 g/mol. The summed E-state index contributed by atoms with van der Waals surface area (Å²) in [6, 6.07) is 0.986. The highest BCUT2D eigenvalue weighted by atomic mass is 16.4. The van der Waals surface area contributed by atoms with Crippen LogP contribution in [0.25, 0.3) is 0 Å². The topological polar surface area (TPSA) is 63.0 Å². The third kappa shape index (κ3) is 4.20. The number of hydrogen-bond donors (Lipinski definition) is 2. The van der Waals surface area contributed by atoms with E-state index in [1.165, 1.54) is 25.7 Å². The molecular weight excluding hydrogens is 252 g/mol. The van der Waals surface area contributed by atoms with Crippen LogP contribution in [-0.2, 0) is 6.54 Å². The first-order valence-electron chi connectivity index (χ1n) is 7.77. The van der Waals surface area contributed by atoms with Crippen molar-refractivity contribution in [3.63, 3.8) is 0 Å². The highest BCUT2D eigenvalue weighted by Gasteiger charge is 2.33. The van der Waals surface area contributed by atoms with Crippen molar-refractivity contribution in [2.75, 3.05) is 11.9 Å². The molecule has 0 radical (unpaired) electrons. The van der Waals surface area contributed by atoms with E-state index < -0.39 is 0 Å². The van der Waals surface area contributed by atoms with Gasteiger partial charge in [0.05, 0.1) is 6.54 Å². The zero-order valence-corrected chi connectivity index (χ0v) is 13.2. The van der Waals surface area contributed by atoms with Crippen LogP contribution in [-0.4, -0.2) is 22.8 Å². The van der Waals surface area contributed by atoms with Gasteiger partial charge >= 0.3 is 6.01 Å². The molecule has 2 N–H and O–H groups in total. The fourth-order valence-electron chi connectivity index (χ4n) is 2.76. The molecule has 1 aliphatic rings. The van der Waals surface area contributed by atoms with E-state index in [-0.39, 0.29) is 0 Å². The van der Waals surface area contributed by atoms with Crippen LogP contribution in [0, 0.1) is 11.3 Å². The standard InChI is InChI=1S/C15H28N4O/c1-11(2)9-16-10-13-18-19-14(20-13)17-12-7-5-6-8-15(12,3)4/h11-12,16H,5-10H2,1-4H3,(H,17,19). The predicted molar refractivity (Wildman–Crippen MR) is 80.5 cm³/mol. The van der Waals surface area contributed by atoms with Gasteiger partial charge in [-0.3, -0.25) is 0 Å². The Morgan fingerprint density at radius 1 is 1.30 bits per heavy atom. The van der Waals surface area contributed by atoms with Crippen LogP contribution >= 0.6 is 0 Å². The van der Waals surface area contributed by atoms with Crippen molar-refractivity contribution in [2.24, 2.45) is 11.3 Å². The van der Waals surface area contributed by atoms with Gasteiger partial charge in [0, 0.05) is 6.04 Å². The Bertz CT molecular complexity index is 414. The summed E-state index contributed by atoms with van der Waals surface area (Å²) >= 11 is 0. The summed E-state index contributed by atoms with van der Waals surface area (Å²) in [5.41, 5.74) is 0.294. The van der Waals surface area contributed by atoms with Crippen molar-refractivity contribution in [1.82, 2.24) is 15.5 Å². The van der Waals surface area contributed by atoms with E-state index in [4.69, 9.17) is 4.42 Å². The monoisotopic (exact) mass is 280 g/mol. The number of hydrogen-bond acceptors (Lipinski definition) is 5. The number of nitrogens with one attached hydrogen (secondary N) is 2. The van der Waals surface area contributed by atoms with Crippen molar-refractivity contribution < 1.29 is 4.42 Å². The van der Waals surface area contributed by atoms with Crippen molar-refractivity contribution in [1.29, 1.82) is 0 Å². The Kier molecular flexibility index (Phi) is 5.02. The molecule has 2 rings (SSSR count). The molecule has 5 heteroatoms. The Morgan fingerprint density at radius 3 is 2.80 bits per heavy atom. The van der Waals surface area contributed by atoms with E-state index in [2.05, 4.69) is 48.5 Å². The largest absolute Gasteiger partial charge is 0.407 e. The van der Waals surface area contributed by atoms with Crippen LogP contribution < -0.4 is 10.6 Å². The molecule has 1 aromatic heterocycles. The molecule has 1 fully saturated rings. The predicted octanol–water partition coefficient (Wildman–Crippen LogP) is 3.20. The smallest absolute Gasteiger partial charge is 0.315 e. The van der Waals surface area contributed by atoms with Gasteiger partial charge < -0.3 is 15.1 Å². The number of rotatable bonds is 6. The maximum Gasteiger partial charge on any atom is 0.315 e. The highest BCUT2D eigenvalue weighted by Crippen LogP contribution is 2.36. The molecule has 0 aromatic carbocycles. The molecule has 1 saturated carbocycles. The van der Waals surface area contributed by atoms with Crippen molar-refractivity contribution in [3.8, 4) is 0 Å². The molecule has 1 aromatic rings. The minimum atomic E-state index is 0.294. The van der Waals surface area contributed by atoms with Gasteiger partial charge in [-0.25, -0.2) is 0 Å². The van der Waals surface area contributed by atoms with Crippen molar-refractivity contribution in [3.05, 3.63) is 5.89 Å². The van der Waals surface area contributed by atoms with Gasteiger partial charge in [-0.2, -0.15) is 0 Å². The van der Waals surface area contributed by atoms with Gasteiger partial charge in [0.2, 0.25) is 5.89 Å². The fraction of sp³-hybridized carbons (Fsp3) is 0.867.